The van der Waals surface area contributed by atoms with Gasteiger partial charge in [0.25, 0.3) is 0 Å². The smallest absolute Gasteiger partial charge is 0.238 e. The van der Waals surface area contributed by atoms with E-state index in [-0.39, 0.29) is 24.4 Å². The molecule has 3 atom stereocenters. The van der Waals surface area contributed by atoms with E-state index in [1.54, 1.807) is 11.8 Å². The summed E-state index contributed by atoms with van der Waals surface area (Å²) in [5.74, 6) is 2.70. The van der Waals surface area contributed by atoms with Crippen LogP contribution < -0.4 is 10.6 Å². The molecule has 5 heteroatoms. The third kappa shape index (κ3) is 3.26. The molecule has 2 N–H and O–H groups in total. The van der Waals surface area contributed by atoms with E-state index in [1.807, 2.05) is 0 Å². The van der Waals surface area contributed by atoms with Crippen LogP contribution in [0.2, 0.25) is 0 Å². The summed E-state index contributed by atoms with van der Waals surface area (Å²) < 4.78 is 0. The van der Waals surface area contributed by atoms with Crippen LogP contribution in [0.25, 0.3) is 0 Å². The largest absolute Gasteiger partial charge is 0.352 e. The van der Waals surface area contributed by atoms with Crippen LogP contribution in [0, 0.1) is 5.92 Å². The average molecular weight is 251 g/mol. The lowest BCUT2D eigenvalue weighted by Crippen LogP contribution is -2.47. The quantitative estimate of drug-likeness (QED) is 0.778. The molecular formula is C10H19ClN2OS. The first-order valence-corrected chi connectivity index (χ1v) is 6.54. The molecule has 0 aromatic heterocycles. The van der Waals surface area contributed by atoms with Crippen LogP contribution in [0.3, 0.4) is 0 Å². The van der Waals surface area contributed by atoms with E-state index in [4.69, 9.17) is 0 Å². The van der Waals surface area contributed by atoms with Gasteiger partial charge >= 0.3 is 0 Å². The minimum Gasteiger partial charge on any atom is -0.352 e. The summed E-state index contributed by atoms with van der Waals surface area (Å²) in [5, 5.41) is 6.35. The summed E-state index contributed by atoms with van der Waals surface area (Å²) in [7, 11) is 0. The lowest BCUT2D eigenvalue weighted by Gasteiger charge is -2.19. The van der Waals surface area contributed by atoms with Crippen LogP contribution in [0.15, 0.2) is 0 Å². The third-order valence-corrected chi connectivity index (χ3v) is 4.16. The monoisotopic (exact) mass is 250 g/mol. The highest BCUT2D eigenvalue weighted by atomic mass is 35.5. The zero-order valence-electron chi connectivity index (χ0n) is 8.99. The highest BCUT2D eigenvalue weighted by Gasteiger charge is 2.29. The molecule has 1 saturated heterocycles. The molecule has 3 nitrogen and oxygen atoms in total. The van der Waals surface area contributed by atoms with Crippen molar-refractivity contribution >= 4 is 30.1 Å². The predicted octanol–water partition coefficient (Wildman–Crippen LogP) is 1.38. The van der Waals surface area contributed by atoms with Crippen molar-refractivity contribution in [2.45, 2.75) is 38.3 Å². The van der Waals surface area contributed by atoms with E-state index in [0.29, 0.717) is 12.0 Å². The van der Waals surface area contributed by atoms with Gasteiger partial charge in [0.15, 0.2) is 0 Å². The molecule has 2 unspecified atom stereocenters. The molecule has 88 valence electrons. The van der Waals surface area contributed by atoms with Gasteiger partial charge in [0.1, 0.15) is 0 Å². The predicted molar refractivity (Wildman–Crippen MR) is 66.4 cm³/mol. The Morgan fingerprint density at radius 3 is 2.80 bits per heavy atom. The number of halogens is 1. The molecule has 1 aliphatic carbocycles. The summed E-state index contributed by atoms with van der Waals surface area (Å²) in [6.45, 7) is 2.23. The SMILES string of the molecule is CC1CCCC1NC(=O)[C@H]1CSCN1.Cl. The highest BCUT2D eigenvalue weighted by Crippen LogP contribution is 2.25. The van der Waals surface area contributed by atoms with Gasteiger partial charge in [0, 0.05) is 17.7 Å². The normalized spacial score (nSPS) is 34.9. The molecule has 0 aromatic rings. The number of hydrogen-bond acceptors (Lipinski definition) is 3. The van der Waals surface area contributed by atoms with Gasteiger partial charge < -0.3 is 5.32 Å². The van der Waals surface area contributed by atoms with Gasteiger partial charge in [-0.05, 0) is 18.8 Å². The third-order valence-electron chi connectivity index (χ3n) is 3.22. The van der Waals surface area contributed by atoms with E-state index in [1.165, 1.54) is 12.8 Å². The summed E-state index contributed by atoms with van der Waals surface area (Å²) in [5.41, 5.74) is 0. The van der Waals surface area contributed by atoms with Crippen molar-refractivity contribution in [2.24, 2.45) is 5.92 Å². The minimum atomic E-state index is 0. The summed E-state index contributed by atoms with van der Waals surface area (Å²) in [6.07, 6.45) is 3.68. The van der Waals surface area contributed by atoms with Gasteiger partial charge in [-0.2, -0.15) is 0 Å². The van der Waals surface area contributed by atoms with Crippen molar-refractivity contribution in [2.75, 3.05) is 11.6 Å². The molecule has 1 amide bonds. The molecule has 0 bridgehead atoms. The topological polar surface area (TPSA) is 41.1 Å². The fourth-order valence-electron chi connectivity index (χ4n) is 2.21. The highest BCUT2D eigenvalue weighted by molar-refractivity contribution is 7.99. The molecule has 1 heterocycles. The number of nitrogens with one attached hydrogen (secondary N) is 2. The number of hydrogen-bond donors (Lipinski definition) is 2. The van der Waals surface area contributed by atoms with Crippen LogP contribution in [0.4, 0.5) is 0 Å². The molecule has 2 rings (SSSR count). The number of carbonyl (C=O) groups is 1. The molecule has 2 fully saturated rings. The summed E-state index contributed by atoms with van der Waals surface area (Å²) >= 11 is 1.80. The van der Waals surface area contributed by atoms with Crippen molar-refractivity contribution in [1.82, 2.24) is 10.6 Å². The standard InChI is InChI=1S/C10H18N2OS.ClH/c1-7-3-2-4-8(7)12-10(13)9-5-14-6-11-9;/h7-9,11H,2-6H2,1H3,(H,12,13);1H/t7?,8?,9-;/m1./s1. The van der Waals surface area contributed by atoms with Gasteiger partial charge in [0.2, 0.25) is 5.91 Å². The number of amides is 1. The molecule has 2 aliphatic rings. The second-order valence-electron chi connectivity index (χ2n) is 4.30. The second kappa shape index (κ2) is 5.97. The fraction of sp³-hybridized carbons (Fsp3) is 0.900. The molecule has 15 heavy (non-hydrogen) atoms. The van der Waals surface area contributed by atoms with E-state index in [9.17, 15) is 4.79 Å². The zero-order valence-corrected chi connectivity index (χ0v) is 10.6. The van der Waals surface area contributed by atoms with E-state index in [2.05, 4.69) is 17.6 Å². The van der Waals surface area contributed by atoms with E-state index < -0.39 is 0 Å². The Hall–Kier alpha value is 0.0700. The van der Waals surface area contributed by atoms with Crippen LogP contribution in [-0.4, -0.2) is 29.6 Å². The average Bonchev–Trinajstić information content (AvgIpc) is 2.77. The Bertz CT molecular complexity index is 221. The number of thioether (sulfide) groups is 1. The van der Waals surface area contributed by atoms with E-state index in [0.717, 1.165) is 18.1 Å². The van der Waals surface area contributed by atoms with Gasteiger partial charge in [0.05, 0.1) is 6.04 Å². The Morgan fingerprint density at radius 1 is 1.47 bits per heavy atom. The number of rotatable bonds is 2. The lowest BCUT2D eigenvalue weighted by molar-refractivity contribution is -0.123. The van der Waals surface area contributed by atoms with Crippen molar-refractivity contribution in [3.8, 4) is 0 Å². The van der Waals surface area contributed by atoms with Crippen molar-refractivity contribution < 1.29 is 4.79 Å². The second-order valence-corrected chi connectivity index (χ2v) is 5.33. The lowest BCUT2D eigenvalue weighted by atomic mass is 10.1. The minimum absolute atomic E-state index is 0. The molecular weight excluding hydrogens is 232 g/mol. The zero-order chi connectivity index (χ0) is 9.97. The fourth-order valence-corrected chi connectivity index (χ4v) is 3.15. The Morgan fingerprint density at radius 2 is 2.27 bits per heavy atom. The summed E-state index contributed by atoms with van der Waals surface area (Å²) in [6, 6.07) is 0.475. The van der Waals surface area contributed by atoms with Crippen molar-refractivity contribution in [3.05, 3.63) is 0 Å². The van der Waals surface area contributed by atoms with Crippen molar-refractivity contribution in [1.29, 1.82) is 0 Å². The molecule has 1 aliphatic heterocycles. The first-order valence-electron chi connectivity index (χ1n) is 5.39. The van der Waals surface area contributed by atoms with Gasteiger partial charge in [-0.3, -0.25) is 10.1 Å². The van der Waals surface area contributed by atoms with Crippen LogP contribution in [0.5, 0.6) is 0 Å². The maximum absolute atomic E-state index is 11.8. The van der Waals surface area contributed by atoms with Gasteiger partial charge in [-0.15, -0.1) is 24.2 Å². The van der Waals surface area contributed by atoms with Gasteiger partial charge in [-0.25, -0.2) is 0 Å². The molecule has 0 spiro atoms. The maximum Gasteiger partial charge on any atom is 0.238 e. The number of carbonyl (C=O) groups excluding carboxylic acids is 1. The summed E-state index contributed by atoms with van der Waals surface area (Å²) in [4.78, 5) is 11.8. The molecule has 1 saturated carbocycles. The van der Waals surface area contributed by atoms with E-state index >= 15 is 0 Å². The van der Waals surface area contributed by atoms with Crippen molar-refractivity contribution in [3.63, 3.8) is 0 Å². The first kappa shape index (κ1) is 13.1. The molecule has 0 aromatic carbocycles. The van der Waals surface area contributed by atoms with Crippen LogP contribution >= 0.6 is 24.2 Å². The maximum atomic E-state index is 11.8. The van der Waals surface area contributed by atoms with Gasteiger partial charge in [-0.1, -0.05) is 13.3 Å². The first-order chi connectivity index (χ1) is 6.77. The Balaban J connectivity index is 0.00000112. The van der Waals surface area contributed by atoms with Crippen LogP contribution in [-0.2, 0) is 4.79 Å². The Labute approximate surface area is 102 Å². The Kier molecular flexibility index (Phi) is 5.23. The molecule has 0 radical (unpaired) electrons. The van der Waals surface area contributed by atoms with Crippen LogP contribution in [0.1, 0.15) is 26.2 Å².